The Morgan fingerprint density at radius 3 is 2.93 bits per heavy atom. The van der Waals surface area contributed by atoms with E-state index in [4.69, 9.17) is 4.99 Å². The zero-order valence-electron chi connectivity index (χ0n) is 16.8. The molecule has 0 aliphatic carbocycles. The first-order valence-electron chi connectivity index (χ1n) is 9.23. The number of aliphatic imine (C=N–C) groups is 1. The number of hydrogen-bond acceptors (Lipinski definition) is 4. The molecule has 2 aromatic rings. The summed E-state index contributed by atoms with van der Waals surface area (Å²) >= 11 is 1.82. The van der Waals surface area contributed by atoms with Crippen molar-refractivity contribution in [3.8, 4) is 0 Å². The fourth-order valence-corrected chi connectivity index (χ4v) is 3.13. The molecule has 0 atom stereocenters. The number of aryl methyl sites for hydroxylation is 1. The van der Waals surface area contributed by atoms with E-state index in [2.05, 4.69) is 28.7 Å². The molecule has 0 radical (unpaired) electrons. The second-order valence-electron chi connectivity index (χ2n) is 6.26. The maximum Gasteiger partial charge on any atom is 0.194 e. The van der Waals surface area contributed by atoms with Crippen LogP contribution in [0.4, 0.5) is 4.39 Å². The van der Waals surface area contributed by atoms with Gasteiger partial charge < -0.3 is 14.8 Å². The normalized spacial score (nSPS) is 11.2. The van der Waals surface area contributed by atoms with Crippen LogP contribution in [0, 0.1) is 5.82 Å². The van der Waals surface area contributed by atoms with Crippen molar-refractivity contribution in [1.82, 2.24) is 25.0 Å². The molecule has 156 valence electrons. The quantitative estimate of drug-likeness (QED) is 0.225. The summed E-state index contributed by atoms with van der Waals surface area (Å²) in [5, 5.41) is 11.5. The number of aromatic nitrogens is 3. The Balaban J connectivity index is 0.00000392. The second-order valence-corrected chi connectivity index (χ2v) is 7.24. The van der Waals surface area contributed by atoms with Gasteiger partial charge in [-0.3, -0.25) is 4.99 Å². The van der Waals surface area contributed by atoms with E-state index in [0.29, 0.717) is 6.54 Å². The van der Waals surface area contributed by atoms with Crippen LogP contribution in [0.1, 0.15) is 24.7 Å². The van der Waals surface area contributed by atoms with Gasteiger partial charge in [0.15, 0.2) is 5.96 Å². The van der Waals surface area contributed by atoms with Crippen LogP contribution in [-0.2, 0) is 19.5 Å². The van der Waals surface area contributed by atoms with Crippen molar-refractivity contribution in [2.24, 2.45) is 4.99 Å². The Labute approximate surface area is 188 Å². The van der Waals surface area contributed by atoms with Gasteiger partial charge in [0.25, 0.3) is 0 Å². The van der Waals surface area contributed by atoms with E-state index < -0.39 is 0 Å². The number of nitrogens with zero attached hydrogens (tertiary/aromatic N) is 5. The monoisotopic (exact) mass is 520 g/mol. The lowest BCUT2D eigenvalue weighted by atomic mass is 10.2. The molecule has 6 nitrogen and oxygen atoms in total. The fraction of sp³-hybridized carbons (Fsp3) is 0.526. The zero-order valence-corrected chi connectivity index (χ0v) is 19.9. The molecular formula is C19H30FIN6S. The minimum Gasteiger partial charge on any atom is -0.354 e. The third-order valence-corrected chi connectivity index (χ3v) is 4.78. The summed E-state index contributed by atoms with van der Waals surface area (Å²) in [5.41, 5.74) is 0.920. The molecule has 0 fully saturated rings. The van der Waals surface area contributed by atoms with Crippen LogP contribution >= 0.6 is 35.7 Å². The molecule has 1 aromatic carbocycles. The van der Waals surface area contributed by atoms with Crippen molar-refractivity contribution in [3.05, 3.63) is 47.8 Å². The van der Waals surface area contributed by atoms with Crippen LogP contribution in [0.15, 0.2) is 35.6 Å². The first-order chi connectivity index (χ1) is 13.1. The highest BCUT2D eigenvalue weighted by Gasteiger charge is 2.08. The van der Waals surface area contributed by atoms with Crippen molar-refractivity contribution in [2.45, 2.75) is 32.9 Å². The lowest BCUT2D eigenvalue weighted by Crippen LogP contribution is -2.40. The molecule has 2 rings (SSSR count). The molecule has 0 bridgehead atoms. The number of benzene rings is 1. The standard InChI is InChI=1S/C19H29FN6S.HI/c1-4-18-24-23-15-26(18)11-10-22-19(21-9-6-12-27-3)25(2)14-16-7-5-8-17(20)13-16;/h5,7-8,13,15H,4,6,9-12,14H2,1-3H3,(H,21,22);1H. The predicted molar refractivity (Wildman–Crippen MR) is 126 cm³/mol. The Hall–Kier alpha value is -1.36. The Morgan fingerprint density at radius 2 is 2.21 bits per heavy atom. The molecule has 0 saturated heterocycles. The number of halogens is 2. The Bertz CT molecular complexity index is 724. The summed E-state index contributed by atoms with van der Waals surface area (Å²) in [5.74, 6) is 2.67. The van der Waals surface area contributed by atoms with E-state index in [1.54, 1.807) is 18.5 Å². The van der Waals surface area contributed by atoms with Crippen molar-refractivity contribution >= 4 is 41.7 Å². The average Bonchev–Trinajstić information content (AvgIpc) is 3.11. The molecule has 1 N–H and O–H groups in total. The third kappa shape index (κ3) is 8.34. The molecule has 9 heteroatoms. The van der Waals surface area contributed by atoms with Gasteiger partial charge in [-0.25, -0.2) is 4.39 Å². The fourth-order valence-electron chi connectivity index (χ4n) is 2.72. The predicted octanol–water partition coefficient (Wildman–Crippen LogP) is 3.43. The highest BCUT2D eigenvalue weighted by Crippen LogP contribution is 2.07. The van der Waals surface area contributed by atoms with Crippen LogP contribution < -0.4 is 5.32 Å². The molecule has 28 heavy (non-hydrogen) atoms. The topological polar surface area (TPSA) is 58.3 Å². The summed E-state index contributed by atoms with van der Waals surface area (Å²) < 4.78 is 15.5. The molecule has 1 aromatic heterocycles. The largest absolute Gasteiger partial charge is 0.354 e. The van der Waals surface area contributed by atoms with Gasteiger partial charge in [0, 0.05) is 39.6 Å². The van der Waals surface area contributed by atoms with Gasteiger partial charge in [0.2, 0.25) is 0 Å². The molecule has 0 spiro atoms. The molecule has 0 saturated carbocycles. The van der Waals surface area contributed by atoms with Gasteiger partial charge in [-0.1, -0.05) is 19.1 Å². The van der Waals surface area contributed by atoms with E-state index in [9.17, 15) is 4.39 Å². The van der Waals surface area contributed by atoms with E-state index in [-0.39, 0.29) is 29.8 Å². The van der Waals surface area contributed by atoms with E-state index in [1.807, 2.05) is 34.3 Å². The van der Waals surface area contributed by atoms with Crippen molar-refractivity contribution in [3.63, 3.8) is 0 Å². The molecule has 0 aliphatic heterocycles. The number of thioether (sulfide) groups is 1. The maximum atomic E-state index is 13.5. The van der Waals surface area contributed by atoms with Gasteiger partial charge in [0.05, 0.1) is 0 Å². The first-order valence-corrected chi connectivity index (χ1v) is 10.6. The highest BCUT2D eigenvalue weighted by molar-refractivity contribution is 14.0. The molecule has 0 aliphatic rings. The SMILES string of the molecule is CCc1nncn1CCNC(=NCCCSC)N(C)Cc1cccc(F)c1.I. The van der Waals surface area contributed by atoms with Crippen LogP contribution in [0.25, 0.3) is 0 Å². The molecule has 0 amide bonds. The smallest absolute Gasteiger partial charge is 0.194 e. The van der Waals surface area contributed by atoms with E-state index >= 15 is 0 Å². The van der Waals surface area contributed by atoms with Crippen molar-refractivity contribution < 1.29 is 4.39 Å². The van der Waals surface area contributed by atoms with Crippen LogP contribution in [0.3, 0.4) is 0 Å². The summed E-state index contributed by atoms with van der Waals surface area (Å²) in [6.45, 7) is 4.93. The Morgan fingerprint density at radius 1 is 1.39 bits per heavy atom. The third-order valence-electron chi connectivity index (χ3n) is 4.09. The molecule has 1 heterocycles. The summed E-state index contributed by atoms with van der Waals surface area (Å²) in [6.07, 6.45) is 5.75. The van der Waals surface area contributed by atoms with Crippen molar-refractivity contribution in [1.29, 1.82) is 0 Å². The van der Waals surface area contributed by atoms with Crippen molar-refractivity contribution in [2.75, 3.05) is 32.1 Å². The van der Waals surface area contributed by atoms with E-state index in [1.165, 1.54) is 6.07 Å². The summed E-state index contributed by atoms with van der Waals surface area (Å²) in [4.78, 5) is 6.75. The Kier molecular flexibility index (Phi) is 12.1. The molecular weight excluding hydrogens is 490 g/mol. The lowest BCUT2D eigenvalue weighted by molar-refractivity contribution is 0.468. The van der Waals surface area contributed by atoms with Gasteiger partial charge in [-0.2, -0.15) is 11.8 Å². The molecule has 0 unspecified atom stereocenters. The number of guanidine groups is 1. The maximum absolute atomic E-state index is 13.5. The van der Waals surface area contributed by atoms with Gasteiger partial charge in [-0.15, -0.1) is 34.2 Å². The van der Waals surface area contributed by atoms with Crippen LogP contribution in [0.5, 0.6) is 0 Å². The van der Waals surface area contributed by atoms with Gasteiger partial charge in [0.1, 0.15) is 18.0 Å². The van der Waals surface area contributed by atoms with E-state index in [0.717, 1.165) is 55.6 Å². The minimum absolute atomic E-state index is 0. The van der Waals surface area contributed by atoms with Gasteiger partial charge >= 0.3 is 0 Å². The minimum atomic E-state index is -0.216. The summed E-state index contributed by atoms with van der Waals surface area (Å²) in [7, 11) is 1.97. The lowest BCUT2D eigenvalue weighted by Gasteiger charge is -2.23. The number of hydrogen-bond donors (Lipinski definition) is 1. The highest BCUT2D eigenvalue weighted by atomic mass is 127. The van der Waals surface area contributed by atoms with Crippen LogP contribution in [0.2, 0.25) is 0 Å². The van der Waals surface area contributed by atoms with Gasteiger partial charge in [-0.05, 0) is 36.1 Å². The first kappa shape index (κ1) is 24.7. The summed E-state index contributed by atoms with van der Waals surface area (Å²) in [6, 6.07) is 6.69. The number of rotatable bonds is 10. The average molecular weight is 520 g/mol. The number of nitrogens with one attached hydrogen (secondary N) is 1. The second kappa shape index (κ2) is 13.8. The zero-order chi connectivity index (χ0) is 19.5. The van der Waals surface area contributed by atoms with Crippen LogP contribution in [-0.4, -0.2) is 57.8 Å².